The van der Waals surface area contributed by atoms with E-state index in [4.69, 9.17) is 27.9 Å². The number of hydrogen-bond acceptors (Lipinski definition) is 4. The number of ether oxygens (including phenoxy) is 1. The summed E-state index contributed by atoms with van der Waals surface area (Å²) in [5.41, 5.74) is 3.23. The molecule has 1 N–H and O–H groups in total. The molecule has 2 heterocycles. The summed E-state index contributed by atoms with van der Waals surface area (Å²) in [6.45, 7) is 4.46. The van der Waals surface area contributed by atoms with Crippen molar-refractivity contribution in [2.75, 3.05) is 5.32 Å². The van der Waals surface area contributed by atoms with E-state index >= 15 is 0 Å². The molecule has 4 nitrogen and oxygen atoms in total. The normalized spacial score (nSPS) is 10.6. The standard InChI is InChI=1S/C19H16Cl2N2O2S/c1-11-3-12(2)5-15(4-11)25-9-13-6-17(26-10-13)19(24)23-18-16(21)7-14(20)8-22-18/h3-8,10H,9H2,1-2H3,(H,22,23,24). The van der Waals surface area contributed by atoms with Gasteiger partial charge in [0.15, 0.2) is 5.82 Å². The van der Waals surface area contributed by atoms with Crippen LogP contribution in [0.5, 0.6) is 5.75 Å². The first kappa shape index (κ1) is 18.7. The molecule has 1 amide bonds. The molecule has 3 rings (SSSR count). The van der Waals surface area contributed by atoms with Gasteiger partial charge in [-0.25, -0.2) is 4.98 Å². The van der Waals surface area contributed by atoms with Crippen molar-refractivity contribution in [2.24, 2.45) is 0 Å². The summed E-state index contributed by atoms with van der Waals surface area (Å²) < 4.78 is 5.82. The number of aryl methyl sites for hydroxylation is 2. The molecule has 1 aromatic carbocycles. The molecule has 0 unspecified atom stereocenters. The molecule has 0 atom stereocenters. The van der Waals surface area contributed by atoms with E-state index in [2.05, 4.69) is 16.4 Å². The Kier molecular flexibility index (Phi) is 5.81. The van der Waals surface area contributed by atoms with E-state index in [0.29, 0.717) is 21.5 Å². The second kappa shape index (κ2) is 8.08. The highest BCUT2D eigenvalue weighted by atomic mass is 35.5. The third-order valence-electron chi connectivity index (χ3n) is 3.52. The number of carbonyl (C=O) groups is 1. The Morgan fingerprint density at radius 3 is 2.58 bits per heavy atom. The number of thiophene rings is 1. The van der Waals surface area contributed by atoms with Gasteiger partial charge in [-0.3, -0.25) is 4.79 Å². The summed E-state index contributed by atoms with van der Waals surface area (Å²) >= 11 is 13.2. The number of aromatic nitrogens is 1. The predicted molar refractivity (Wildman–Crippen MR) is 107 cm³/mol. The minimum atomic E-state index is -0.274. The maximum absolute atomic E-state index is 12.4. The molecule has 2 aromatic heterocycles. The lowest BCUT2D eigenvalue weighted by Crippen LogP contribution is -2.11. The minimum absolute atomic E-state index is 0.274. The second-order valence-corrected chi connectivity index (χ2v) is 7.62. The van der Waals surface area contributed by atoms with Crippen LogP contribution in [-0.4, -0.2) is 10.9 Å². The molecular formula is C19H16Cl2N2O2S. The van der Waals surface area contributed by atoms with Crippen molar-refractivity contribution < 1.29 is 9.53 Å². The van der Waals surface area contributed by atoms with Crippen LogP contribution in [0, 0.1) is 13.8 Å². The van der Waals surface area contributed by atoms with Gasteiger partial charge in [-0.1, -0.05) is 29.3 Å². The van der Waals surface area contributed by atoms with Gasteiger partial charge >= 0.3 is 0 Å². The lowest BCUT2D eigenvalue weighted by molar-refractivity contribution is 0.103. The fraction of sp³-hybridized carbons (Fsp3) is 0.158. The van der Waals surface area contributed by atoms with E-state index in [9.17, 15) is 4.79 Å². The molecule has 3 aromatic rings. The zero-order valence-electron chi connectivity index (χ0n) is 14.2. The number of pyridine rings is 1. The summed E-state index contributed by atoms with van der Waals surface area (Å²) in [5, 5.41) is 5.29. The number of hydrogen-bond donors (Lipinski definition) is 1. The van der Waals surface area contributed by atoms with Crippen LogP contribution in [0.4, 0.5) is 5.82 Å². The van der Waals surface area contributed by atoms with Crippen LogP contribution in [0.15, 0.2) is 41.9 Å². The van der Waals surface area contributed by atoms with Gasteiger partial charge < -0.3 is 10.1 Å². The molecule has 0 saturated heterocycles. The van der Waals surface area contributed by atoms with Crippen LogP contribution in [-0.2, 0) is 6.61 Å². The molecule has 26 heavy (non-hydrogen) atoms. The van der Waals surface area contributed by atoms with Gasteiger partial charge in [0, 0.05) is 11.8 Å². The highest BCUT2D eigenvalue weighted by Gasteiger charge is 2.13. The predicted octanol–water partition coefficient (Wildman–Crippen LogP) is 5.90. The molecule has 0 bridgehead atoms. The second-order valence-electron chi connectivity index (χ2n) is 5.87. The topological polar surface area (TPSA) is 51.2 Å². The molecular weight excluding hydrogens is 391 g/mol. The highest BCUT2D eigenvalue weighted by molar-refractivity contribution is 7.12. The number of anilines is 1. The van der Waals surface area contributed by atoms with Gasteiger partial charge in [-0.05, 0) is 54.6 Å². The molecule has 0 aliphatic rings. The smallest absolute Gasteiger partial charge is 0.266 e. The van der Waals surface area contributed by atoms with Gasteiger partial charge in [0.1, 0.15) is 12.4 Å². The zero-order chi connectivity index (χ0) is 18.7. The Labute approximate surface area is 165 Å². The molecule has 0 fully saturated rings. The van der Waals surface area contributed by atoms with Crippen LogP contribution in [0.2, 0.25) is 10.0 Å². The van der Waals surface area contributed by atoms with E-state index in [0.717, 1.165) is 22.4 Å². The highest BCUT2D eigenvalue weighted by Crippen LogP contribution is 2.25. The zero-order valence-corrected chi connectivity index (χ0v) is 16.5. The Bertz CT molecular complexity index is 936. The van der Waals surface area contributed by atoms with Gasteiger partial charge in [0.25, 0.3) is 5.91 Å². The van der Waals surface area contributed by atoms with Gasteiger partial charge in [0.2, 0.25) is 0 Å². The van der Waals surface area contributed by atoms with Crippen LogP contribution in [0.3, 0.4) is 0 Å². The quantitative estimate of drug-likeness (QED) is 0.573. The van der Waals surface area contributed by atoms with Crippen LogP contribution < -0.4 is 10.1 Å². The number of rotatable bonds is 5. The van der Waals surface area contributed by atoms with Gasteiger partial charge in [-0.15, -0.1) is 11.3 Å². The van der Waals surface area contributed by atoms with E-state index in [1.807, 2.05) is 31.4 Å². The number of halogens is 2. The van der Waals surface area contributed by atoms with Crippen molar-refractivity contribution in [1.82, 2.24) is 4.98 Å². The largest absolute Gasteiger partial charge is 0.489 e. The Morgan fingerprint density at radius 1 is 1.15 bits per heavy atom. The summed E-state index contributed by atoms with van der Waals surface area (Å²) in [7, 11) is 0. The maximum atomic E-state index is 12.4. The Morgan fingerprint density at radius 2 is 1.88 bits per heavy atom. The van der Waals surface area contributed by atoms with Crippen molar-refractivity contribution in [3.8, 4) is 5.75 Å². The third kappa shape index (κ3) is 4.75. The fourth-order valence-corrected chi connectivity index (χ4v) is 3.65. The summed E-state index contributed by atoms with van der Waals surface area (Å²) in [6.07, 6.45) is 1.43. The Hall–Kier alpha value is -2.08. The lowest BCUT2D eigenvalue weighted by Gasteiger charge is -2.07. The molecule has 0 spiro atoms. The lowest BCUT2D eigenvalue weighted by atomic mass is 10.1. The molecule has 0 aliphatic heterocycles. The van der Waals surface area contributed by atoms with Gasteiger partial charge in [-0.2, -0.15) is 0 Å². The van der Waals surface area contributed by atoms with E-state index in [1.165, 1.54) is 23.6 Å². The fourth-order valence-electron chi connectivity index (χ4n) is 2.43. The average Bonchev–Trinajstić information content (AvgIpc) is 3.04. The first-order valence-corrected chi connectivity index (χ1v) is 9.45. The summed E-state index contributed by atoms with van der Waals surface area (Å²) in [6, 6.07) is 9.40. The molecule has 7 heteroatoms. The SMILES string of the molecule is Cc1cc(C)cc(OCc2csc(C(=O)Nc3ncc(Cl)cc3Cl)c2)c1. The van der Waals surface area contributed by atoms with Crippen molar-refractivity contribution in [1.29, 1.82) is 0 Å². The number of nitrogens with zero attached hydrogens (tertiary/aromatic N) is 1. The van der Waals surface area contributed by atoms with E-state index < -0.39 is 0 Å². The van der Waals surface area contributed by atoms with Crippen molar-refractivity contribution in [3.63, 3.8) is 0 Å². The Balaban J connectivity index is 1.64. The number of benzene rings is 1. The minimum Gasteiger partial charge on any atom is -0.489 e. The average molecular weight is 407 g/mol. The van der Waals surface area contributed by atoms with E-state index in [1.54, 1.807) is 6.07 Å². The summed E-state index contributed by atoms with van der Waals surface area (Å²) in [4.78, 5) is 16.9. The third-order valence-corrected chi connectivity index (χ3v) is 4.99. The molecule has 0 radical (unpaired) electrons. The number of nitrogens with one attached hydrogen (secondary N) is 1. The van der Waals surface area contributed by atoms with Crippen molar-refractivity contribution in [2.45, 2.75) is 20.5 Å². The monoisotopic (exact) mass is 406 g/mol. The van der Waals surface area contributed by atoms with Crippen molar-refractivity contribution >= 4 is 46.3 Å². The van der Waals surface area contributed by atoms with Crippen LogP contribution in [0.1, 0.15) is 26.4 Å². The van der Waals surface area contributed by atoms with Crippen molar-refractivity contribution in [3.05, 3.63) is 73.5 Å². The summed E-state index contributed by atoms with van der Waals surface area (Å²) in [5.74, 6) is 0.823. The van der Waals surface area contributed by atoms with E-state index in [-0.39, 0.29) is 11.7 Å². The molecule has 0 aliphatic carbocycles. The first-order chi connectivity index (χ1) is 12.4. The molecule has 134 valence electrons. The first-order valence-electron chi connectivity index (χ1n) is 7.81. The van der Waals surface area contributed by atoms with Gasteiger partial charge in [0.05, 0.1) is 14.9 Å². The molecule has 0 saturated carbocycles. The van der Waals surface area contributed by atoms with Crippen LogP contribution >= 0.6 is 34.5 Å². The number of amides is 1. The van der Waals surface area contributed by atoms with Crippen LogP contribution in [0.25, 0.3) is 0 Å². The maximum Gasteiger partial charge on any atom is 0.266 e. The number of carbonyl (C=O) groups excluding carboxylic acids is 1.